The van der Waals surface area contributed by atoms with E-state index in [1.165, 1.54) is 6.92 Å². The Hall–Kier alpha value is -2.98. The zero-order chi connectivity index (χ0) is 24.6. The standard InChI is InChI=1S/C26H28N2O6S/c1-3-14-27-25(30)34-26-28-20-22(31-15-18-10-6-4-7-11-18)23(21(17(2)29)33-24(20)35-26)32-16-19-12-8-5-9-13-19/h3-13,20-24H,1,14-16H2,2H3,(H,27,30)/t20-,21-,22-,23-,24-/m1/s1. The molecule has 2 aromatic carbocycles. The van der Waals surface area contributed by atoms with Crippen LogP contribution in [0.25, 0.3) is 0 Å². The molecule has 4 rings (SSSR count). The Bertz CT molecular complexity index is 1050. The fourth-order valence-electron chi connectivity index (χ4n) is 3.86. The first-order chi connectivity index (χ1) is 17.0. The number of carbonyl (C=O) groups excluding carboxylic acids is 2. The van der Waals surface area contributed by atoms with Gasteiger partial charge < -0.3 is 24.3 Å². The molecule has 35 heavy (non-hydrogen) atoms. The largest absolute Gasteiger partial charge is 0.414 e. The molecule has 5 atom stereocenters. The molecule has 1 amide bonds. The van der Waals surface area contributed by atoms with Crippen LogP contribution in [0.5, 0.6) is 0 Å². The van der Waals surface area contributed by atoms with E-state index in [-0.39, 0.29) is 24.2 Å². The average molecular weight is 497 g/mol. The summed E-state index contributed by atoms with van der Waals surface area (Å²) in [5.74, 6) is -0.173. The third-order valence-electron chi connectivity index (χ3n) is 5.53. The molecule has 0 aliphatic carbocycles. The molecule has 9 heteroatoms. The Labute approximate surface area is 208 Å². The highest BCUT2D eigenvalue weighted by molar-refractivity contribution is 8.14. The van der Waals surface area contributed by atoms with Gasteiger partial charge in [0.15, 0.2) is 5.78 Å². The number of Topliss-reactive ketones (excluding diaryl/α,β-unsaturated/α-hetero) is 1. The molecule has 0 bridgehead atoms. The number of amides is 1. The van der Waals surface area contributed by atoms with Crippen LogP contribution in [0, 0.1) is 0 Å². The van der Waals surface area contributed by atoms with Gasteiger partial charge in [0.2, 0.25) is 0 Å². The van der Waals surface area contributed by atoms with Crippen LogP contribution in [0.2, 0.25) is 0 Å². The van der Waals surface area contributed by atoms with Crippen molar-refractivity contribution in [1.29, 1.82) is 0 Å². The van der Waals surface area contributed by atoms with E-state index < -0.39 is 35.9 Å². The van der Waals surface area contributed by atoms with Crippen LogP contribution in [-0.2, 0) is 37.0 Å². The lowest BCUT2D eigenvalue weighted by molar-refractivity contribution is -0.198. The summed E-state index contributed by atoms with van der Waals surface area (Å²) >= 11 is 1.15. The maximum absolute atomic E-state index is 12.6. The Kier molecular flexibility index (Phi) is 8.70. The molecule has 2 aromatic rings. The molecule has 0 saturated carbocycles. The second-order valence-corrected chi connectivity index (χ2v) is 9.17. The van der Waals surface area contributed by atoms with E-state index in [9.17, 15) is 9.59 Å². The first kappa shape index (κ1) is 25.1. The first-order valence-electron chi connectivity index (χ1n) is 11.3. The number of nitrogens with one attached hydrogen (secondary N) is 1. The van der Waals surface area contributed by atoms with E-state index in [4.69, 9.17) is 18.9 Å². The van der Waals surface area contributed by atoms with Crippen LogP contribution in [-0.4, -0.2) is 53.4 Å². The maximum Gasteiger partial charge on any atom is 0.414 e. The SMILES string of the molecule is C=CCNC(=O)OC1=N[C@@H]2[C@@H](OCc3ccccc3)[C@H](OCc3ccccc3)[C@@H](C(C)=O)O[C@@H]2S1. The molecule has 184 valence electrons. The van der Waals surface area contributed by atoms with Gasteiger partial charge >= 0.3 is 6.09 Å². The summed E-state index contributed by atoms with van der Waals surface area (Å²) in [7, 11) is 0. The molecule has 1 fully saturated rings. The van der Waals surface area contributed by atoms with Crippen molar-refractivity contribution in [2.45, 2.75) is 49.9 Å². The topological polar surface area (TPSA) is 95.5 Å². The van der Waals surface area contributed by atoms with E-state index in [1.54, 1.807) is 6.08 Å². The number of alkyl carbamates (subject to hydrolysis) is 1. The lowest BCUT2D eigenvalue weighted by Gasteiger charge is -2.41. The second-order valence-electron chi connectivity index (χ2n) is 8.12. The van der Waals surface area contributed by atoms with Gasteiger partial charge in [-0.25, -0.2) is 9.79 Å². The van der Waals surface area contributed by atoms with Crippen molar-refractivity contribution in [3.05, 3.63) is 84.4 Å². The summed E-state index contributed by atoms with van der Waals surface area (Å²) in [6.07, 6.45) is -1.24. The van der Waals surface area contributed by atoms with E-state index >= 15 is 0 Å². The number of benzene rings is 2. The summed E-state index contributed by atoms with van der Waals surface area (Å²) in [4.78, 5) is 29.2. The molecule has 0 aromatic heterocycles. The van der Waals surface area contributed by atoms with Crippen LogP contribution in [0.4, 0.5) is 4.79 Å². The monoisotopic (exact) mass is 496 g/mol. The normalized spacial score (nSPS) is 25.3. The molecule has 2 aliphatic heterocycles. The summed E-state index contributed by atoms with van der Waals surface area (Å²) in [5.41, 5.74) is 1.39. The predicted octanol–water partition coefficient (Wildman–Crippen LogP) is 3.85. The summed E-state index contributed by atoms with van der Waals surface area (Å²) < 4.78 is 24.0. The highest BCUT2D eigenvalue weighted by atomic mass is 32.2. The van der Waals surface area contributed by atoms with Gasteiger partial charge in [-0.05, 0) is 29.8 Å². The molecule has 0 spiro atoms. The zero-order valence-corrected chi connectivity index (χ0v) is 20.2. The van der Waals surface area contributed by atoms with Crippen molar-refractivity contribution in [2.24, 2.45) is 4.99 Å². The van der Waals surface area contributed by atoms with Crippen molar-refractivity contribution in [2.75, 3.05) is 6.54 Å². The Morgan fingerprint density at radius 1 is 1.03 bits per heavy atom. The van der Waals surface area contributed by atoms with Crippen molar-refractivity contribution >= 4 is 28.9 Å². The van der Waals surface area contributed by atoms with Crippen LogP contribution >= 0.6 is 11.8 Å². The highest BCUT2D eigenvalue weighted by Gasteiger charge is 2.52. The van der Waals surface area contributed by atoms with Crippen LogP contribution < -0.4 is 5.32 Å². The smallest absolute Gasteiger partial charge is 0.385 e. The number of ether oxygens (including phenoxy) is 4. The molecule has 8 nitrogen and oxygen atoms in total. The number of fused-ring (bicyclic) bond motifs is 1. The molecule has 1 saturated heterocycles. The fraction of sp³-hybridized carbons (Fsp3) is 0.346. The van der Waals surface area contributed by atoms with E-state index in [2.05, 4.69) is 16.9 Å². The summed E-state index contributed by atoms with van der Waals surface area (Å²) in [5, 5.41) is 2.70. The molecule has 1 N–H and O–H groups in total. The van der Waals surface area contributed by atoms with Gasteiger partial charge in [-0.3, -0.25) is 4.79 Å². The van der Waals surface area contributed by atoms with Crippen molar-refractivity contribution in [1.82, 2.24) is 5.32 Å². The Morgan fingerprint density at radius 2 is 1.63 bits per heavy atom. The number of aliphatic imine (C=N–C) groups is 1. The average Bonchev–Trinajstić information content (AvgIpc) is 3.27. The molecule has 2 heterocycles. The van der Waals surface area contributed by atoms with E-state index in [1.807, 2.05) is 60.7 Å². The van der Waals surface area contributed by atoms with Gasteiger partial charge in [-0.2, -0.15) is 0 Å². The summed E-state index contributed by atoms with van der Waals surface area (Å²) in [6, 6.07) is 18.9. The third-order valence-corrected chi connectivity index (χ3v) is 6.54. The minimum absolute atomic E-state index is 0.154. The summed E-state index contributed by atoms with van der Waals surface area (Å²) in [6.45, 7) is 5.89. The van der Waals surface area contributed by atoms with Gasteiger partial charge in [-0.1, -0.05) is 66.7 Å². The Morgan fingerprint density at radius 3 is 2.20 bits per heavy atom. The molecule has 2 aliphatic rings. The number of rotatable bonds is 9. The molecule has 0 unspecified atom stereocenters. The van der Waals surface area contributed by atoms with Gasteiger partial charge in [0, 0.05) is 6.54 Å². The van der Waals surface area contributed by atoms with E-state index in [0.29, 0.717) is 6.61 Å². The number of carbonyl (C=O) groups is 2. The van der Waals surface area contributed by atoms with Crippen molar-refractivity contribution in [3.63, 3.8) is 0 Å². The lowest BCUT2D eigenvalue weighted by Crippen LogP contribution is -2.58. The molecule has 0 radical (unpaired) electrons. The number of hydrogen-bond acceptors (Lipinski definition) is 8. The number of ketones is 1. The maximum atomic E-state index is 12.6. The number of nitrogens with zero attached hydrogens (tertiary/aromatic N) is 1. The van der Waals surface area contributed by atoms with Gasteiger partial charge in [-0.15, -0.1) is 6.58 Å². The fourth-order valence-corrected chi connectivity index (χ4v) is 4.90. The lowest BCUT2D eigenvalue weighted by atomic mass is 9.95. The van der Waals surface area contributed by atoms with Crippen LogP contribution in [0.15, 0.2) is 78.3 Å². The molecular weight excluding hydrogens is 468 g/mol. The van der Waals surface area contributed by atoms with Crippen molar-refractivity contribution < 1.29 is 28.5 Å². The zero-order valence-electron chi connectivity index (χ0n) is 19.4. The number of hydrogen-bond donors (Lipinski definition) is 1. The van der Waals surface area contributed by atoms with Crippen LogP contribution in [0.1, 0.15) is 18.1 Å². The second kappa shape index (κ2) is 12.1. The third kappa shape index (κ3) is 6.58. The first-order valence-corrected chi connectivity index (χ1v) is 12.2. The Balaban J connectivity index is 1.56. The van der Waals surface area contributed by atoms with Crippen molar-refractivity contribution in [3.8, 4) is 0 Å². The van der Waals surface area contributed by atoms with E-state index in [0.717, 1.165) is 22.9 Å². The van der Waals surface area contributed by atoms with Gasteiger partial charge in [0.1, 0.15) is 29.8 Å². The number of thioether (sulfide) groups is 1. The van der Waals surface area contributed by atoms with Crippen LogP contribution in [0.3, 0.4) is 0 Å². The highest BCUT2D eigenvalue weighted by Crippen LogP contribution is 2.40. The minimum atomic E-state index is -0.850. The minimum Gasteiger partial charge on any atom is -0.385 e. The quantitative estimate of drug-likeness (QED) is 0.527. The van der Waals surface area contributed by atoms with Gasteiger partial charge in [0.05, 0.1) is 13.2 Å². The van der Waals surface area contributed by atoms with Gasteiger partial charge in [0.25, 0.3) is 5.23 Å². The predicted molar refractivity (Wildman–Crippen MR) is 133 cm³/mol. The molecular formula is C26H28N2O6S.